The van der Waals surface area contributed by atoms with Gasteiger partial charge in [0.25, 0.3) is 11.8 Å². The number of amides is 2. The summed E-state index contributed by atoms with van der Waals surface area (Å²) in [6, 6.07) is 3.71. The predicted octanol–water partition coefficient (Wildman–Crippen LogP) is 2.21. The van der Waals surface area contributed by atoms with Crippen LogP contribution in [0.15, 0.2) is 12.1 Å². The Hall–Kier alpha value is -1.64. The van der Waals surface area contributed by atoms with Gasteiger partial charge in [0, 0.05) is 0 Å². The Labute approximate surface area is 89.5 Å². The molecule has 0 fully saturated rings. The molecule has 2 amide bonds. The highest BCUT2D eigenvalue weighted by Gasteiger charge is 2.29. The van der Waals surface area contributed by atoms with Crippen molar-refractivity contribution in [2.45, 2.75) is 27.7 Å². The number of hydrogen-bond donors (Lipinski definition) is 1. The minimum Gasteiger partial charge on any atom is -0.288 e. The number of benzene rings is 1. The molecule has 2 rings (SSSR count). The first kappa shape index (κ1) is 11.4. The molecule has 15 heavy (non-hydrogen) atoms. The quantitative estimate of drug-likeness (QED) is 0.660. The Bertz CT molecular complexity index is 383. The third kappa shape index (κ3) is 1.77. The maximum atomic E-state index is 11.3. The first-order valence-electron chi connectivity index (χ1n) is 5.07. The molecule has 1 aromatic carbocycles. The molecular formula is C12H15NO2. The Morgan fingerprint density at radius 2 is 1.20 bits per heavy atom. The molecule has 1 heterocycles. The van der Waals surface area contributed by atoms with E-state index in [1.807, 2.05) is 39.8 Å². The van der Waals surface area contributed by atoms with Crippen molar-refractivity contribution in [1.29, 1.82) is 0 Å². The highest BCUT2D eigenvalue weighted by Crippen LogP contribution is 2.22. The highest BCUT2D eigenvalue weighted by molar-refractivity contribution is 6.22. The van der Waals surface area contributed by atoms with E-state index in [1.54, 1.807) is 0 Å². The number of imide groups is 1. The van der Waals surface area contributed by atoms with Gasteiger partial charge in [-0.1, -0.05) is 26.0 Å². The molecule has 3 heteroatoms. The second-order valence-corrected chi connectivity index (χ2v) is 3.23. The van der Waals surface area contributed by atoms with E-state index in [-0.39, 0.29) is 11.8 Å². The summed E-state index contributed by atoms with van der Waals surface area (Å²) in [4.78, 5) is 22.6. The smallest absolute Gasteiger partial charge is 0.259 e. The lowest BCUT2D eigenvalue weighted by Gasteiger charge is -2.01. The average Bonchev–Trinajstić information content (AvgIpc) is 2.52. The molecule has 0 unspecified atom stereocenters. The lowest BCUT2D eigenvalue weighted by atomic mass is 9.99. The van der Waals surface area contributed by atoms with E-state index in [0.717, 1.165) is 11.1 Å². The highest BCUT2D eigenvalue weighted by atomic mass is 16.2. The minimum atomic E-state index is -0.277. The van der Waals surface area contributed by atoms with Gasteiger partial charge in [0.05, 0.1) is 11.1 Å². The first-order chi connectivity index (χ1) is 7.11. The summed E-state index contributed by atoms with van der Waals surface area (Å²) in [6.07, 6.45) is 0. The fourth-order valence-electron chi connectivity index (χ4n) is 1.62. The number of nitrogens with one attached hydrogen (secondary N) is 1. The molecule has 0 aliphatic carbocycles. The van der Waals surface area contributed by atoms with E-state index < -0.39 is 0 Å². The normalized spacial score (nSPS) is 12.8. The van der Waals surface area contributed by atoms with Gasteiger partial charge in [-0.3, -0.25) is 14.9 Å². The van der Waals surface area contributed by atoms with Crippen molar-refractivity contribution >= 4 is 11.8 Å². The van der Waals surface area contributed by atoms with Crippen LogP contribution in [0.5, 0.6) is 0 Å². The molecule has 1 aliphatic rings. The molecular weight excluding hydrogens is 190 g/mol. The number of hydrogen-bond acceptors (Lipinski definition) is 2. The van der Waals surface area contributed by atoms with E-state index >= 15 is 0 Å². The third-order valence-electron chi connectivity index (χ3n) is 2.30. The zero-order valence-corrected chi connectivity index (χ0v) is 9.47. The summed E-state index contributed by atoms with van der Waals surface area (Å²) in [5.74, 6) is -0.553. The molecule has 1 N–H and O–H groups in total. The van der Waals surface area contributed by atoms with E-state index in [1.165, 1.54) is 0 Å². The largest absolute Gasteiger partial charge is 0.288 e. The Morgan fingerprint density at radius 3 is 1.53 bits per heavy atom. The van der Waals surface area contributed by atoms with Gasteiger partial charge in [-0.15, -0.1) is 0 Å². The van der Waals surface area contributed by atoms with Crippen LogP contribution in [0.2, 0.25) is 0 Å². The maximum absolute atomic E-state index is 11.3. The average molecular weight is 205 g/mol. The SMILES string of the molecule is CC.Cc1ccc(C)c2c1C(=O)NC2=O. The number of carbonyl (C=O) groups is 2. The summed E-state index contributed by atoms with van der Waals surface area (Å²) < 4.78 is 0. The van der Waals surface area contributed by atoms with Crippen molar-refractivity contribution < 1.29 is 9.59 Å². The lowest BCUT2D eigenvalue weighted by molar-refractivity contribution is 0.0879. The Kier molecular flexibility index (Phi) is 3.24. The topological polar surface area (TPSA) is 46.2 Å². The minimum absolute atomic E-state index is 0.277. The number of aryl methyl sites for hydroxylation is 2. The third-order valence-corrected chi connectivity index (χ3v) is 2.30. The number of rotatable bonds is 0. The van der Waals surface area contributed by atoms with Gasteiger partial charge in [-0.25, -0.2) is 0 Å². The van der Waals surface area contributed by atoms with Crippen LogP contribution in [-0.4, -0.2) is 11.8 Å². The molecule has 0 aromatic heterocycles. The molecule has 0 saturated heterocycles. The molecule has 80 valence electrons. The van der Waals surface area contributed by atoms with E-state index in [4.69, 9.17) is 0 Å². The Morgan fingerprint density at radius 1 is 0.867 bits per heavy atom. The van der Waals surface area contributed by atoms with Crippen molar-refractivity contribution in [3.63, 3.8) is 0 Å². The molecule has 1 aliphatic heterocycles. The van der Waals surface area contributed by atoms with Crippen LogP contribution in [0.3, 0.4) is 0 Å². The summed E-state index contributed by atoms with van der Waals surface area (Å²) in [5, 5.41) is 2.29. The van der Waals surface area contributed by atoms with Crippen LogP contribution in [0.1, 0.15) is 45.7 Å². The van der Waals surface area contributed by atoms with Crippen LogP contribution in [0.4, 0.5) is 0 Å². The fourth-order valence-corrected chi connectivity index (χ4v) is 1.62. The van der Waals surface area contributed by atoms with Gasteiger partial charge in [-0.05, 0) is 25.0 Å². The first-order valence-corrected chi connectivity index (χ1v) is 5.07. The molecule has 0 radical (unpaired) electrons. The molecule has 3 nitrogen and oxygen atoms in total. The fraction of sp³-hybridized carbons (Fsp3) is 0.333. The van der Waals surface area contributed by atoms with Crippen LogP contribution >= 0.6 is 0 Å². The second-order valence-electron chi connectivity index (χ2n) is 3.23. The van der Waals surface area contributed by atoms with Gasteiger partial charge in [0.1, 0.15) is 0 Å². The number of fused-ring (bicyclic) bond motifs is 1. The van der Waals surface area contributed by atoms with Crippen molar-refractivity contribution in [2.75, 3.05) is 0 Å². The van der Waals surface area contributed by atoms with Crippen LogP contribution in [-0.2, 0) is 0 Å². The van der Waals surface area contributed by atoms with Crippen LogP contribution < -0.4 is 5.32 Å². The summed E-state index contributed by atoms with van der Waals surface area (Å²) in [6.45, 7) is 7.66. The van der Waals surface area contributed by atoms with E-state index in [0.29, 0.717) is 11.1 Å². The second kappa shape index (κ2) is 4.26. The molecule has 0 atom stereocenters. The zero-order valence-electron chi connectivity index (χ0n) is 9.47. The summed E-state index contributed by atoms with van der Waals surface area (Å²) >= 11 is 0. The number of carbonyl (C=O) groups excluding carboxylic acids is 2. The monoisotopic (exact) mass is 205 g/mol. The summed E-state index contributed by atoms with van der Waals surface area (Å²) in [5.41, 5.74) is 2.77. The van der Waals surface area contributed by atoms with Gasteiger partial charge in [0.15, 0.2) is 0 Å². The summed E-state index contributed by atoms with van der Waals surface area (Å²) in [7, 11) is 0. The molecule has 0 bridgehead atoms. The van der Waals surface area contributed by atoms with Gasteiger partial charge in [0.2, 0.25) is 0 Å². The standard InChI is InChI=1S/C10H9NO2.C2H6/c1-5-3-4-6(2)8-7(5)9(12)11-10(8)13;1-2/h3-4H,1-2H3,(H,11,12,13);1-2H3. The van der Waals surface area contributed by atoms with Gasteiger partial charge >= 0.3 is 0 Å². The van der Waals surface area contributed by atoms with Crippen molar-refractivity contribution in [3.8, 4) is 0 Å². The van der Waals surface area contributed by atoms with Crippen LogP contribution in [0, 0.1) is 13.8 Å². The zero-order chi connectivity index (χ0) is 11.6. The molecule has 0 saturated carbocycles. The van der Waals surface area contributed by atoms with Crippen molar-refractivity contribution in [3.05, 3.63) is 34.4 Å². The Balaban J connectivity index is 0.000000531. The van der Waals surface area contributed by atoms with E-state index in [2.05, 4.69) is 5.32 Å². The maximum Gasteiger partial charge on any atom is 0.259 e. The molecule has 1 aromatic rings. The van der Waals surface area contributed by atoms with Crippen molar-refractivity contribution in [2.24, 2.45) is 0 Å². The van der Waals surface area contributed by atoms with E-state index in [9.17, 15) is 9.59 Å². The molecule has 0 spiro atoms. The predicted molar refractivity (Wildman–Crippen MR) is 59.1 cm³/mol. The van der Waals surface area contributed by atoms with Crippen molar-refractivity contribution in [1.82, 2.24) is 5.32 Å². The lowest BCUT2D eigenvalue weighted by Crippen LogP contribution is -2.20. The van der Waals surface area contributed by atoms with Crippen LogP contribution in [0.25, 0.3) is 0 Å². The van der Waals surface area contributed by atoms with Gasteiger partial charge < -0.3 is 0 Å². The van der Waals surface area contributed by atoms with Gasteiger partial charge in [-0.2, -0.15) is 0 Å².